The zero-order chi connectivity index (χ0) is 14.6. The van der Waals surface area contributed by atoms with Crippen LogP contribution >= 0.6 is 0 Å². The molecule has 1 aromatic carbocycles. The summed E-state index contributed by atoms with van der Waals surface area (Å²) >= 11 is 0. The van der Waals surface area contributed by atoms with Gasteiger partial charge in [-0.25, -0.2) is 0 Å². The fourth-order valence-corrected chi connectivity index (χ4v) is 2.02. The summed E-state index contributed by atoms with van der Waals surface area (Å²) in [6.07, 6.45) is 3.43. The van der Waals surface area contributed by atoms with Gasteiger partial charge in [0.1, 0.15) is 5.75 Å². The van der Waals surface area contributed by atoms with Crippen LogP contribution in [0, 0.1) is 0 Å². The summed E-state index contributed by atoms with van der Waals surface area (Å²) in [4.78, 5) is 16.4. The minimum atomic E-state index is -0.485. The van der Waals surface area contributed by atoms with Crippen LogP contribution < -0.4 is 10.1 Å². The molecule has 4 nitrogen and oxygen atoms in total. The number of aromatic nitrogens is 1. The van der Waals surface area contributed by atoms with Crippen molar-refractivity contribution in [3.63, 3.8) is 0 Å². The first kappa shape index (κ1) is 14.1. The predicted octanol–water partition coefficient (Wildman–Crippen LogP) is 2.76. The summed E-state index contributed by atoms with van der Waals surface area (Å²) in [5.41, 5.74) is 1.04. The van der Waals surface area contributed by atoms with Gasteiger partial charge in [-0.3, -0.25) is 9.78 Å². The molecule has 2 aromatic rings. The first-order chi connectivity index (χ1) is 9.54. The average molecular weight is 270 g/mol. The third-order valence-corrected chi connectivity index (χ3v) is 3.18. The van der Waals surface area contributed by atoms with E-state index in [1.54, 1.807) is 31.6 Å². The molecular weight excluding hydrogens is 252 g/mol. The van der Waals surface area contributed by atoms with Gasteiger partial charge < -0.3 is 10.1 Å². The summed E-state index contributed by atoms with van der Waals surface area (Å²) < 4.78 is 5.22. The van der Waals surface area contributed by atoms with E-state index in [1.165, 1.54) is 0 Å². The van der Waals surface area contributed by atoms with E-state index in [2.05, 4.69) is 10.3 Å². The van der Waals surface area contributed by atoms with Gasteiger partial charge in [0, 0.05) is 12.4 Å². The lowest BCUT2D eigenvalue weighted by Gasteiger charge is -2.27. The normalized spacial score (nSPS) is 10.9. The average Bonchev–Trinajstić information content (AvgIpc) is 2.47. The van der Waals surface area contributed by atoms with Gasteiger partial charge in [0.2, 0.25) is 0 Å². The topological polar surface area (TPSA) is 51.2 Å². The van der Waals surface area contributed by atoms with Crippen LogP contribution in [0.25, 0.3) is 0 Å². The Bertz CT molecular complexity index is 594. The van der Waals surface area contributed by atoms with Crippen molar-refractivity contribution in [3.8, 4) is 5.75 Å². The van der Waals surface area contributed by atoms with Gasteiger partial charge in [0.15, 0.2) is 0 Å². The molecule has 0 saturated carbocycles. The second-order valence-electron chi connectivity index (χ2n) is 5.02. The van der Waals surface area contributed by atoms with Gasteiger partial charge in [-0.2, -0.15) is 0 Å². The molecule has 1 N–H and O–H groups in total. The highest BCUT2D eigenvalue weighted by Crippen LogP contribution is 2.22. The second kappa shape index (κ2) is 5.74. The summed E-state index contributed by atoms with van der Waals surface area (Å²) in [6, 6.07) is 11.0. The smallest absolute Gasteiger partial charge is 0.255 e. The van der Waals surface area contributed by atoms with Gasteiger partial charge in [-0.05, 0) is 43.7 Å². The highest BCUT2D eigenvalue weighted by Gasteiger charge is 2.24. The first-order valence-electron chi connectivity index (χ1n) is 6.40. The Hall–Kier alpha value is -2.36. The van der Waals surface area contributed by atoms with Gasteiger partial charge in [-0.1, -0.05) is 12.1 Å². The van der Waals surface area contributed by atoms with E-state index in [0.717, 1.165) is 5.56 Å². The number of para-hydroxylation sites is 1. The third kappa shape index (κ3) is 2.96. The third-order valence-electron chi connectivity index (χ3n) is 3.18. The molecule has 2 rings (SSSR count). The van der Waals surface area contributed by atoms with Crippen molar-refractivity contribution in [2.75, 3.05) is 7.11 Å². The quantitative estimate of drug-likeness (QED) is 0.929. The number of nitrogens with one attached hydrogen (secondary N) is 1. The Morgan fingerprint density at radius 3 is 2.45 bits per heavy atom. The minimum absolute atomic E-state index is 0.163. The molecule has 0 aliphatic carbocycles. The van der Waals surface area contributed by atoms with Crippen molar-refractivity contribution < 1.29 is 9.53 Å². The molecule has 20 heavy (non-hydrogen) atoms. The van der Waals surface area contributed by atoms with Crippen molar-refractivity contribution in [2.45, 2.75) is 19.4 Å². The SMILES string of the molecule is COc1ccccc1C(=O)NC(C)(C)c1ccncc1. The van der Waals surface area contributed by atoms with Crippen molar-refractivity contribution in [1.29, 1.82) is 0 Å². The molecule has 0 fully saturated rings. The second-order valence-corrected chi connectivity index (χ2v) is 5.02. The van der Waals surface area contributed by atoms with Crippen LogP contribution in [0.2, 0.25) is 0 Å². The molecule has 1 aromatic heterocycles. The summed E-state index contributed by atoms with van der Waals surface area (Å²) in [6.45, 7) is 3.91. The number of rotatable bonds is 4. The molecule has 0 aliphatic heterocycles. The standard InChI is InChI=1S/C16H18N2O2/c1-16(2,12-8-10-17-11-9-12)18-15(19)13-6-4-5-7-14(13)20-3/h4-11H,1-3H3,(H,18,19). The zero-order valence-electron chi connectivity index (χ0n) is 11.9. The molecular formula is C16H18N2O2. The summed E-state index contributed by atoms with van der Waals surface area (Å²) in [5.74, 6) is 0.403. The van der Waals surface area contributed by atoms with E-state index in [4.69, 9.17) is 4.74 Å². The first-order valence-corrected chi connectivity index (χ1v) is 6.40. The maximum atomic E-state index is 12.4. The van der Waals surface area contributed by atoms with E-state index >= 15 is 0 Å². The monoisotopic (exact) mass is 270 g/mol. The molecule has 4 heteroatoms. The van der Waals surface area contributed by atoms with Crippen LogP contribution in [-0.2, 0) is 5.54 Å². The molecule has 104 valence electrons. The molecule has 0 radical (unpaired) electrons. The largest absolute Gasteiger partial charge is 0.496 e. The summed E-state index contributed by atoms with van der Waals surface area (Å²) in [5, 5.41) is 3.02. The van der Waals surface area contributed by atoms with Crippen LogP contribution in [0.1, 0.15) is 29.8 Å². The van der Waals surface area contributed by atoms with E-state index < -0.39 is 5.54 Å². The molecule has 0 aliphatic rings. The molecule has 0 bridgehead atoms. The van der Waals surface area contributed by atoms with Gasteiger partial charge in [0.05, 0.1) is 18.2 Å². The number of amides is 1. The lowest BCUT2D eigenvalue weighted by molar-refractivity contribution is 0.0909. The number of pyridine rings is 1. The highest BCUT2D eigenvalue weighted by atomic mass is 16.5. The number of benzene rings is 1. The van der Waals surface area contributed by atoms with Crippen molar-refractivity contribution in [2.24, 2.45) is 0 Å². The number of hydrogen-bond donors (Lipinski definition) is 1. The van der Waals surface area contributed by atoms with E-state index in [9.17, 15) is 4.79 Å². The molecule has 0 atom stereocenters. The fourth-order valence-electron chi connectivity index (χ4n) is 2.02. The Morgan fingerprint density at radius 1 is 1.15 bits per heavy atom. The molecule has 1 amide bonds. The van der Waals surface area contributed by atoms with E-state index in [-0.39, 0.29) is 5.91 Å². The Morgan fingerprint density at radius 2 is 1.80 bits per heavy atom. The minimum Gasteiger partial charge on any atom is -0.496 e. The van der Waals surface area contributed by atoms with Crippen LogP contribution in [0.5, 0.6) is 5.75 Å². The highest BCUT2D eigenvalue weighted by molar-refractivity contribution is 5.97. The van der Waals surface area contributed by atoms with Crippen LogP contribution in [0.3, 0.4) is 0 Å². The molecule has 0 unspecified atom stereocenters. The number of methoxy groups -OCH3 is 1. The van der Waals surface area contributed by atoms with E-state index in [1.807, 2.05) is 38.1 Å². The lowest BCUT2D eigenvalue weighted by atomic mass is 9.95. The Balaban J connectivity index is 2.23. The Kier molecular flexibility index (Phi) is 4.03. The maximum absolute atomic E-state index is 12.4. The van der Waals surface area contributed by atoms with Gasteiger partial charge >= 0.3 is 0 Å². The number of hydrogen-bond acceptors (Lipinski definition) is 3. The Labute approximate surface area is 118 Å². The lowest BCUT2D eigenvalue weighted by Crippen LogP contribution is -2.41. The van der Waals surface area contributed by atoms with Gasteiger partial charge in [-0.15, -0.1) is 0 Å². The molecule has 1 heterocycles. The van der Waals surface area contributed by atoms with Crippen LogP contribution in [0.4, 0.5) is 0 Å². The number of carbonyl (C=O) groups is 1. The van der Waals surface area contributed by atoms with Crippen LogP contribution in [-0.4, -0.2) is 18.0 Å². The van der Waals surface area contributed by atoms with Gasteiger partial charge in [0.25, 0.3) is 5.91 Å². The zero-order valence-corrected chi connectivity index (χ0v) is 11.9. The number of carbonyl (C=O) groups excluding carboxylic acids is 1. The maximum Gasteiger partial charge on any atom is 0.255 e. The number of nitrogens with zero attached hydrogens (tertiary/aromatic N) is 1. The molecule has 0 spiro atoms. The predicted molar refractivity (Wildman–Crippen MR) is 77.7 cm³/mol. The van der Waals surface area contributed by atoms with Crippen molar-refractivity contribution in [1.82, 2.24) is 10.3 Å². The van der Waals surface area contributed by atoms with Crippen molar-refractivity contribution in [3.05, 3.63) is 59.9 Å². The van der Waals surface area contributed by atoms with Crippen LogP contribution in [0.15, 0.2) is 48.8 Å². The van der Waals surface area contributed by atoms with Crippen molar-refractivity contribution >= 4 is 5.91 Å². The fraction of sp³-hybridized carbons (Fsp3) is 0.250. The van der Waals surface area contributed by atoms with E-state index in [0.29, 0.717) is 11.3 Å². The summed E-state index contributed by atoms with van der Waals surface area (Å²) in [7, 11) is 1.56. The molecule has 0 saturated heterocycles. The number of ether oxygens (including phenoxy) is 1.